The van der Waals surface area contributed by atoms with Crippen LogP contribution in [0.5, 0.6) is 0 Å². The van der Waals surface area contributed by atoms with Crippen molar-refractivity contribution in [2.45, 2.75) is 11.3 Å². The predicted octanol–water partition coefficient (Wildman–Crippen LogP) is 1.92. The van der Waals surface area contributed by atoms with Crippen LogP contribution >= 0.6 is 34.2 Å². The summed E-state index contributed by atoms with van der Waals surface area (Å²) in [5, 5.41) is 4.52. The molecule has 0 atom stereocenters. The summed E-state index contributed by atoms with van der Waals surface area (Å²) in [4.78, 5) is 2.89. The zero-order valence-corrected chi connectivity index (χ0v) is 10.6. The molecule has 1 rings (SSSR count). The number of hydrogen-bond donors (Lipinski definition) is 1. The number of nitrogens with two attached hydrogens (primary N) is 1. The van der Waals surface area contributed by atoms with Gasteiger partial charge in [-0.05, 0) is 28.7 Å². The first-order valence-corrected chi connectivity index (χ1v) is 6.40. The summed E-state index contributed by atoms with van der Waals surface area (Å²) >= 11 is 7.07. The Kier molecular flexibility index (Phi) is 3.85. The lowest BCUT2D eigenvalue weighted by atomic mass is 10.4. The molecule has 0 aromatic carbocycles. The van der Waals surface area contributed by atoms with Crippen molar-refractivity contribution in [2.75, 3.05) is 0 Å². The monoisotopic (exact) mass is 368 g/mol. The molecule has 1 aromatic heterocycles. The highest BCUT2D eigenvalue weighted by molar-refractivity contribution is 14.1. The Labute approximate surface area is 103 Å². The summed E-state index contributed by atoms with van der Waals surface area (Å²) in [5.74, 6) is 0. The second-order valence-electron chi connectivity index (χ2n) is 2.50. The SMILES string of the molecule is NS(=O)(=O)c1cc(C(F)F)nc(Cl)c1I. The van der Waals surface area contributed by atoms with Gasteiger partial charge >= 0.3 is 0 Å². The number of alkyl halides is 2. The standard InChI is InChI=1S/C6H4ClF2IN2O2S/c7-5-4(10)3(15(11,13)14)1-2(12-5)6(8)9/h1,6H,(H2,11,13,14). The smallest absolute Gasteiger partial charge is 0.234 e. The zero-order valence-electron chi connectivity index (χ0n) is 6.92. The van der Waals surface area contributed by atoms with Crippen molar-refractivity contribution >= 4 is 44.2 Å². The van der Waals surface area contributed by atoms with Gasteiger partial charge in [0, 0.05) is 0 Å². The first-order valence-electron chi connectivity index (χ1n) is 3.40. The quantitative estimate of drug-likeness (QED) is 0.640. The van der Waals surface area contributed by atoms with Crippen LogP contribution in [-0.4, -0.2) is 13.4 Å². The van der Waals surface area contributed by atoms with Crippen molar-refractivity contribution in [3.05, 3.63) is 20.5 Å². The maximum atomic E-state index is 12.3. The Balaban J connectivity index is 3.52. The maximum Gasteiger partial charge on any atom is 0.280 e. The van der Waals surface area contributed by atoms with Crippen LogP contribution in [0.2, 0.25) is 5.15 Å². The third-order valence-corrected chi connectivity index (χ3v) is 4.42. The van der Waals surface area contributed by atoms with Crippen molar-refractivity contribution in [3.8, 4) is 0 Å². The molecule has 0 spiro atoms. The predicted molar refractivity (Wildman–Crippen MR) is 58.3 cm³/mol. The number of pyridine rings is 1. The number of nitrogens with zero attached hydrogens (tertiary/aromatic N) is 1. The Hall–Kier alpha value is -0.0600. The highest BCUT2D eigenvalue weighted by Crippen LogP contribution is 2.28. The van der Waals surface area contributed by atoms with E-state index in [1.54, 1.807) is 22.6 Å². The average molecular weight is 369 g/mol. The first kappa shape index (κ1) is 13.0. The van der Waals surface area contributed by atoms with Crippen molar-refractivity contribution in [1.29, 1.82) is 0 Å². The van der Waals surface area contributed by atoms with E-state index in [1.807, 2.05) is 0 Å². The van der Waals surface area contributed by atoms with Gasteiger partial charge in [-0.2, -0.15) is 0 Å². The molecule has 1 heterocycles. The van der Waals surface area contributed by atoms with Gasteiger partial charge in [0.05, 0.1) is 3.57 Å². The molecule has 0 aliphatic carbocycles. The molecule has 0 saturated heterocycles. The van der Waals surface area contributed by atoms with Crippen molar-refractivity contribution in [1.82, 2.24) is 4.98 Å². The molecule has 4 nitrogen and oxygen atoms in total. The fourth-order valence-corrected chi connectivity index (χ4v) is 2.90. The highest BCUT2D eigenvalue weighted by Gasteiger charge is 2.21. The molecule has 0 aliphatic heterocycles. The summed E-state index contributed by atoms with van der Waals surface area (Å²) in [6.07, 6.45) is -2.90. The van der Waals surface area contributed by atoms with Crippen LogP contribution in [0.3, 0.4) is 0 Å². The van der Waals surface area contributed by atoms with Crippen LogP contribution < -0.4 is 5.14 Å². The molecular formula is C6H4ClF2IN2O2S. The molecule has 0 unspecified atom stereocenters. The number of halogens is 4. The van der Waals surface area contributed by atoms with Crippen LogP contribution in [-0.2, 0) is 10.0 Å². The lowest BCUT2D eigenvalue weighted by Crippen LogP contribution is -2.15. The molecular weight excluding hydrogens is 364 g/mol. The van der Waals surface area contributed by atoms with Crippen LogP contribution in [0.25, 0.3) is 0 Å². The minimum Gasteiger partial charge on any atom is -0.234 e. The molecule has 2 N–H and O–H groups in total. The van der Waals surface area contributed by atoms with Gasteiger partial charge < -0.3 is 0 Å². The van der Waals surface area contributed by atoms with Gasteiger partial charge in [0.1, 0.15) is 15.7 Å². The van der Waals surface area contributed by atoms with E-state index >= 15 is 0 Å². The zero-order chi connectivity index (χ0) is 11.8. The van der Waals surface area contributed by atoms with Crippen LogP contribution in [0.15, 0.2) is 11.0 Å². The van der Waals surface area contributed by atoms with E-state index in [9.17, 15) is 17.2 Å². The molecule has 9 heteroatoms. The molecule has 0 aliphatic rings. The number of sulfonamides is 1. The average Bonchev–Trinajstić information content (AvgIpc) is 2.06. The minimum atomic E-state index is -4.08. The number of rotatable bonds is 2. The van der Waals surface area contributed by atoms with Gasteiger partial charge in [-0.3, -0.25) is 0 Å². The third-order valence-electron chi connectivity index (χ3n) is 1.43. The number of aromatic nitrogens is 1. The van der Waals surface area contributed by atoms with Gasteiger partial charge in [0.25, 0.3) is 6.43 Å². The van der Waals surface area contributed by atoms with E-state index in [2.05, 4.69) is 4.98 Å². The van der Waals surface area contributed by atoms with E-state index in [0.717, 1.165) is 0 Å². The van der Waals surface area contributed by atoms with E-state index in [1.165, 1.54) is 0 Å². The molecule has 0 radical (unpaired) electrons. The molecule has 0 amide bonds. The Morgan fingerprint density at radius 1 is 1.53 bits per heavy atom. The molecule has 15 heavy (non-hydrogen) atoms. The first-order chi connectivity index (χ1) is 6.73. The van der Waals surface area contributed by atoms with Gasteiger partial charge in [-0.25, -0.2) is 27.3 Å². The number of hydrogen-bond acceptors (Lipinski definition) is 3. The topological polar surface area (TPSA) is 73.1 Å². The largest absolute Gasteiger partial charge is 0.280 e. The van der Waals surface area contributed by atoms with Crippen LogP contribution in [0, 0.1) is 3.57 Å². The summed E-state index contributed by atoms with van der Waals surface area (Å²) in [6, 6.07) is 0.716. The van der Waals surface area contributed by atoms with Gasteiger partial charge in [0.2, 0.25) is 10.0 Å². The fourth-order valence-electron chi connectivity index (χ4n) is 0.813. The Bertz CT molecular complexity index is 494. The fraction of sp³-hybridized carbons (Fsp3) is 0.167. The molecule has 0 fully saturated rings. The van der Waals surface area contributed by atoms with E-state index < -0.39 is 27.0 Å². The number of primary sulfonamides is 1. The van der Waals surface area contributed by atoms with E-state index in [0.29, 0.717) is 6.07 Å². The van der Waals surface area contributed by atoms with E-state index in [4.69, 9.17) is 16.7 Å². The van der Waals surface area contributed by atoms with Gasteiger partial charge in [-0.1, -0.05) is 11.6 Å². The Morgan fingerprint density at radius 2 is 2.07 bits per heavy atom. The third kappa shape index (κ3) is 2.95. The van der Waals surface area contributed by atoms with Crippen LogP contribution in [0.1, 0.15) is 12.1 Å². The molecule has 1 aromatic rings. The molecule has 0 bridgehead atoms. The Morgan fingerprint density at radius 3 is 2.47 bits per heavy atom. The second kappa shape index (κ2) is 4.44. The lowest BCUT2D eigenvalue weighted by Gasteiger charge is -2.06. The second-order valence-corrected chi connectivity index (χ2v) is 5.46. The molecule has 84 valence electrons. The van der Waals surface area contributed by atoms with E-state index in [-0.39, 0.29) is 8.72 Å². The van der Waals surface area contributed by atoms with Crippen molar-refractivity contribution in [2.24, 2.45) is 5.14 Å². The summed E-state index contributed by atoms with van der Waals surface area (Å²) in [5.41, 5.74) is -0.718. The maximum absolute atomic E-state index is 12.3. The lowest BCUT2D eigenvalue weighted by molar-refractivity contribution is 0.145. The summed E-state index contributed by atoms with van der Waals surface area (Å²) in [7, 11) is -4.08. The molecule has 0 saturated carbocycles. The normalized spacial score (nSPS) is 12.1. The highest BCUT2D eigenvalue weighted by atomic mass is 127. The minimum absolute atomic E-state index is 0.0289. The van der Waals surface area contributed by atoms with Crippen molar-refractivity contribution in [3.63, 3.8) is 0 Å². The van der Waals surface area contributed by atoms with Crippen molar-refractivity contribution < 1.29 is 17.2 Å². The van der Waals surface area contributed by atoms with Crippen LogP contribution in [0.4, 0.5) is 8.78 Å². The van der Waals surface area contributed by atoms with Gasteiger partial charge in [0.15, 0.2) is 0 Å². The summed E-state index contributed by atoms with van der Waals surface area (Å²) in [6.45, 7) is 0. The summed E-state index contributed by atoms with van der Waals surface area (Å²) < 4.78 is 46.6. The van der Waals surface area contributed by atoms with Gasteiger partial charge in [-0.15, -0.1) is 0 Å².